The second kappa shape index (κ2) is 4.66. The summed E-state index contributed by atoms with van der Waals surface area (Å²) in [6.45, 7) is 4.54. The van der Waals surface area contributed by atoms with Crippen LogP contribution in [-0.4, -0.2) is 29.1 Å². The van der Waals surface area contributed by atoms with Crippen molar-refractivity contribution in [3.05, 3.63) is 35.9 Å². The van der Waals surface area contributed by atoms with Gasteiger partial charge in [-0.1, -0.05) is 37.3 Å². The fourth-order valence-electron chi connectivity index (χ4n) is 2.10. The Hall–Kier alpha value is -1.35. The van der Waals surface area contributed by atoms with E-state index in [0.717, 1.165) is 19.6 Å². The van der Waals surface area contributed by atoms with E-state index in [1.165, 1.54) is 5.56 Å². The lowest BCUT2D eigenvalue weighted by atomic mass is 9.87. The van der Waals surface area contributed by atoms with Gasteiger partial charge in [0.1, 0.15) is 0 Å². The maximum absolute atomic E-state index is 10.8. The van der Waals surface area contributed by atoms with Gasteiger partial charge in [0, 0.05) is 19.6 Å². The molecule has 1 aromatic rings. The van der Waals surface area contributed by atoms with E-state index in [9.17, 15) is 4.79 Å². The van der Waals surface area contributed by atoms with Crippen LogP contribution in [0.5, 0.6) is 0 Å². The van der Waals surface area contributed by atoms with Crippen LogP contribution < -0.4 is 0 Å². The van der Waals surface area contributed by atoms with Crippen LogP contribution in [0, 0.1) is 11.8 Å². The third-order valence-electron chi connectivity index (χ3n) is 3.33. The Kier molecular flexibility index (Phi) is 3.25. The standard InChI is InChI=1S/C13H17NO2/c1-10(13(15)16)12-8-14(9-12)7-11-5-3-2-4-6-11/h2-6,10,12H,7-9H2,1H3,(H,15,16). The molecule has 0 bridgehead atoms. The fourth-order valence-corrected chi connectivity index (χ4v) is 2.10. The molecule has 1 aliphatic heterocycles. The van der Waals surface area contributed by atoms with Gasteiger partial charge >= 0.3 is 5.97 Å². The number of hydrogen-bond donors (Lipinski definition) is 1. The fraction of sp³-hybridized carbons (Fsp3) is 0.462. The zero-order chi connectivity index (χ0) is 11.5. The molecule has 0 aromatic heterocycles. The molecular formula is C13H17NO2. The SMILES string of the molecule is CC(C(=O)O)C1CN(Cc2ccccc2)C1. The number of aliphatic carboxylic acids is 1. The van der Waals surface area contributed by atoms with Crippen LogP contribution in [0.15, 0.2) is 30.3 Å². The maximum Gasteiger partial charge on any atom is 0.306 e. The van der Waals surface area contributed by atoms with Crippen LogP contribution in [0.1, 0.15) is 12.5 Å². The van der Waals surface area contributed by atoms with E-state index in [1.807, 2.05) is 18.2 Å². The summed E-state index contributed by atoms with van der Waals surface area (Å²) in [5, 5.41) is 8.87. The zero-order valence-corrected chi connectivity index (χ0v) is 9.47. The highest BCUT2D eigenvalue weighted by Gasteiger charge is 2.34. The van der Waals surface area contributed by atoms with Crippen molar-refractivity contribution in [2.45, 2.75) is 13.5 Å². The third kappa shape index (κ3) is 2.42. The molecule has 1 atom stereocenters. The average molecular weight is 219 g/mol. The highest BCUT2D eigenvalue weighted by Crippen LogP contribution is 2.25. The largest absolute Gasteiger partial charge is 0.481 e. The van der Waals surface area contributed by atoms with Crippen molar-refractivity contribution in [2.75, 3.05) is 13.1 Å². The number of rotatable bonds is 4. The van der Waals surface area contributed by atoms with Crippen molar-refractivity contribution < 1.29 is 9.90 Å². The molecule has 1 N–H and O–H groups in total. The number of carboxylic acids is 1. The number of hydrogen-bond acceptors (Lipinski definition) is 2. The molecule has 0 spiro atoms. The summed E-state index contributed by atoms with van der Waals surface area (Å²) in [6, 6.07) is 10.3. The second-order valence-electron chi connectivity index (χ2n) is 4.57. The van der Waals surface area contributed by atoms with E-state index < -0.39 is 5.97 Å². The molecule has 3 heteroatoms. The molecule has 1 heterocycles. The molecule has 0 aliphatic carbocycles. The van der Waals surface area contributed by atoms with Gasteiger partial charge < -0.3 is 5.11 Å². The Bertz CT molecular complexity index is 357. The monoisotopic (exact) mass is 219 g/mol. The number of likely N-dealkylation sites (tertiary alicyclic amines) is 1. The normalized spacial score (nSPS) is 19.1. The molecule has 0 radical (unpaired) electrons. The summed E-state index contributed by atoms with van der Waals surface area (Å²) < 4.78 is 0. The van der Waals surface area contributed by atoms with E-state index in [1.54, 1.807) is 6.92 Å². The molecule has 0 saturated carbocycles. The van der Waals surface area contributed by atoms with Crippen LogP contribution in [0.2, 0.25) is 0 Å². The third-order valence-corrected chi connectivity index (χ3v) is 3.33. The molecule has 2 rings (SSSR count). The van der Waals surface area contributed by atoms with Crippen LogP contribution in [0.3, 0.4) is 0 Å². The van der Waals surface area contributed by atoms with Crippen molar-refractivity contribution >= 4 is 5.97 Å². The summed E-state index contributed by atoms with van der Waals surface area (Å²) in [5.74, 6) is -0.572. The number of benzene rings is 1. The molecular weight excluding hydrogens is 202 g/mol. The molecule has 1 saturated heterocycles. The Labute approximate surface area is 95.7 Å². The number of carbonyl (C=O) groups is 1. The molecule has 1 unspecified atom stereocenters. The minimum atomic E-state index is -0.677. The number of carboxylic acid groups (broad SMARTS) is 1. The topological polar surface area (TPSA) is 40.5 Å². The highest BCUT2D eigenvalue weighted by atomic mass is 16.4. The Morgan fingerprint density at radius 1 is 1.44 bits per heavy atom. The van der Waals surface area contributed by atoms with Gasteiger partial charge in [-0.2, -0.15) is 0 Å². The van der Waals surface area contributed by atoms with Gasteiger partial charge in [0.15, 0.2) is 0 Å². The van der Waals surface area contributed by atoms with E-state index in [2.05, 4.69) is 17.0 Å². The highest BCUT2D eigenvalue weighted by molar-refractivity contribution is 5.70. The van der Waals surface area contributed by atoms with E-state index in [4.69, 9.17) is 5.11 Å². The summed E-state index contributed by atoms with van der Waals surface area (Å²) in [5.41, 5.74) is 1.30. The molecule has 1 fully saturated rings. The summed E-state index contributed by atoms with van der Waals surface area (Å²) in [4.78, 5) is 13.1. The van der Waals surface area contributed by atoms with Crippen molar-refractivity contribution in [1.82, 2.24) is 4.90 Å². The van der Waals surface area contributed by atoms with Crippen molar-refractivity contribution in [3.8, 4) is 0 Å². The Morgan fingerprint density at radius 2 is 2.06 bits per heavy atom. The van der Waals surface area contributed by atoms with Gasteiger partial charge in [-0.25, -0.2) is 0 Å². The van der Waals surface area contributed by atoms with Crippen LogP contribution in [0.4, 0.5) is 0 Å². The van der Waals surface area contributed by atoms with Gasteiger partial charge in [0.05, 0.1) is 5.92 Å². The van der Waals surface area contributed by atoms with Crippen molar-refractivity contribution in [2.24, 2.45) is 11.8 Å². The van der Waals surface area contributed by atoms with Crippen LogP contribution in [0.25, 0.3) is 0 Å². The minimum Gasteiger partial charge on any atom is -0.481 e. The lowest BCUT2D eigenvalue weighted by Crippen LogP contribution is -2.50. The first-order valence-electron chi connectivity index (χ1n) is 5.66. The second-order valence-corrected chi connectivity index (χ2v) is 4.57. The smallest absolute Gasteiger partial charge is 0.306 e. The summed E-state index contributed by atoms with van der Waals surface area (Å²) in [7, 11) is 0. The molecule has 0 amide bonds. The first-order valence-corrected chi connectivity index (χ1v) is 5.66. The molecule has 86 valence electrons. The quantitative estimate of drug-likeness (QED) is 0.840. The van der Waals surface area contributed by atoms with Crippen molar-refractivity contribution in [1.29, 1.82) is 0 Å². The first kappa shape index (κ1) is 11.1. The Balaban J connectivity index is 1.79. The average Bonchev–Trinajstić information content (AvgIpc) is 2.23. The predicted molar refractivity (Wildman–Crippen MR) is 62.0 cm³/mol. The first-order chi connectivity index (χ1) is 7.66. The lowest BCUT2D eigenvalue weighted by Gasteiger charge is -2.41. The molecule has 1 aliphatic rings. The van der Waals surface area contributed by atoms with Crippen molar-refractivity contribution in [3.63, 3.8) is 0 Å². The molecule has 1 aromatic carbocycles. The van der Waals surface area contributed by atoms with Gasteiger partial charge in [-0.05, 0) is 11.5 Å². The van der Waals surface area contributed by atoms with Gasteiger partial charge in [-0.3, -0.25) is 9.69 Å². The summed E-state index contributed by atoms with van der Waals surface area (Å²) in [6.07, 6.45) is 0. The maximum atomic E-state index is 10.8. The van der Waals surface area contributed by atoms with Gasteiger partial charge in [0.2, 0.25) is 0 Å². The van der Waals surface area contributed by atoms with Gasteiger partial charge in [0.25, 0.3) is 0 Å². The zero-order valence-electron chi connectivity index (χ0n) is 9.47. The van der Waals surface area contributed by atoms with E-state index in [-0.39, 0.29) is 5.92 Å². The number of nitrogens with zero attached hydrogens (tertiary/aromatic N) is 1. The summed E-state index contributed by atoms with van der Waals surface area (Å²) >= 11 is 0. The molecule has 16 heavy (non-hydrogen) atoms. The Morgan fingerprint density at radius 3 is 2.62 bits per heavy atom. The van der Waals surface area contributed by atoms with Crippen LogP contribution >= 0.6 is 0 Å². The lowest BCUT2D eigenvalue weighted by molar-refractivity contribution is -0.145. The van der Waals surface area contributed by atoms with E-state index >= 15 is 0 Å². The van der Waals surface area contributed by atoms with E-state index in [0.29, 0.717) is 5.92 Å². The van der Waals surface area contributed by atoms with Gasteiger partial charge in [-0.15, -0.1) is 0 Å². The van der Waals surface area contributed by atoms with Crippen LogP contribution in [-0.2, 0) is 11.3 Å². The minimum absolute atomic E-state index is 0.216. The predicted octanol–water partition coefficient (Wildman–Crippen LogP) is 1.84. The molecule has 3 nitrogen and oxygen atoms in total.